The van der Waals surface area contributed by atoms with Crippen molar-refractivity contribution >= 4 is 32.7 Å². The van der Waals surface area contributed by atoms with Crippen molar-refractivity contribution in [2.24, 2.45) is 0 Å². The number of hydrogen-bond acceptors (Lipinski definition) is 6. The lowest BCUT2D eigenvalue weighted by molar-refractivity contribution is 0.0600. The highest BCUT2D eigenvalue weighted by molar-refractivity contribution is 7.92. The van der Waals surface area contributed by atoms with Crippen molar-refractivity contribution < 1.29 is 22.7 Å². The molecule has 8 nitrogen and oxygen atoms in total. The molecule has 1 fully saturated rings. The molecule has 2 N–H and O–H groups in total. The highest BCUT2D eigenvalue weighted by Gasteiger charge is 2.21. The van der Waals surface area contributed by atoms with Gasteiger partial charge in [-0.1, -0.05) is 0 Å². The molecule has 4 rings (SSSR count). The quantitative estimate of drug-likeness (QED) is 0.636. The molecule has 1 aromatic heterocycles. The summed E-state index contributed by atoms with van der Waals surface area (Å²) >= 11 is 0. The Labute approximate surface area is 161 Å². The first kappa shape index (κ1) is 18.5. The van der Waals surface area contributed by atoms with Gasteiger partial charge in [-0.15, -0.1) is 0 Å². The number of imidazole rings is 1. The number of hydrogen-bond donors (Lipinski definition) is 2. The maximum absolute atomic E-state index is 12.6. The average Bonchev–Trinajstić information content (AvgIpc) is 3.36. The standard InChI is InChI=1S/C19H19N3O5S/c1-26-19(23)12-4-7-14(8-5-12)28(24,25)22-13-6-9-15-16(11-13)21-18(20-15)17-3-2-10-27-17/h4-9,11,17,22H,2-3,10H2,1H3,(H,20,21). The van der Waals surface area contributed by atoms with E-state index in [2.05, 4.69) is 19.4 Å². The maximum Gasteiger partial charge on any atom is 0.337 e. The number of H-pyrrole nitrogens is 1. The van der Waals surface area contributed by atoms with Crippen LogP contribution in [0.25, 0.3) is 11.0 Å². The molecule has 0 radical (unpaired) electrons. The predicted molar refractivity (Wildman–Crippen MR) is 103 cm³/mol. The van der Waals surface area contributed by atoms with Gasteiger partial charge in [-0.2, -0.15) is 0 Å². The SMILES string of the molecule is COC(=O)c1ccc(S(=O)(=O)Nc2ccc3nc(C4CCCO4)[nH]c3c2)cc1. The van der Waals surface area contributed by atoms with Crippen LogP contribution in [0.4, 0.5) is 5.69 Å². The van der Waals surface area contributed by atoms with Crippen LogP contribution in [0.3, 0.4) is 0 Å². The Kier molecular flexibility index (Phi) is 4.78. The normalized spacial score (nSPS) is 17.0. The van der Waals surface area contributed by atoms with E-state index in [1.807, 2.05) is 0 Å². The topological polar surface area (TPSA) is 110 Å². The van der Waals surface area contributed by atoms with Crippen LogP contribution in [-0.2, 0) is 19.5 Å². The Morgan fingerprint density at radius 2 is 2.04 bits per heavy atom. The number of methoxy groups -OCH3 is 1. The number of nitrogens with one attached hydrogen (secondary N) is 2. The number of ether oxygens (including phenoxy) is 2. The van der Waals surface area contributed by atoms with Gasteiger partial charge in [-0.25, -0.2) is 18.2 Å². The number of carbonyl (C=O) groups excluding carboxylic acids is 1. The van der Waals surface area contributed by atoms with Crippen LogP contribution in [0.2, 0.25) is 0 Å². The van der Waals surface area contributed by atoms with E-state index < -0.39 is 16.0 Å². The second-order valence-corrected chi connectivity index (χ2v) is 8.16. The number of benzene rings is 2. The Hall–Kier alpha value is -2.91. The summed E-state index contributed by atoms with van der Waals surface area (Å²) in [6.07, 6.45) is 1.88. The Bertz CT molecular complexity index is 1120. The molecule has 146 valence electrons. The number of rotatable bonds is 5. The zero-order valence-electron chi connectivity index (χ0n) is 15.1. The highest BCUT2D eigenvalue weighted by Crippen LogP contribution is 2.29. The molecular weight excluding hydrogens is 382 g/mol. The summed E-state index contributed by atoms with van der Waals surface area (Å²) in [5, 5.41) is 0. The summed E-state index contributed by atoms with van der Waals surface area (Å²) in [4.78, 5) is 19.3. The van der Waals surface area contributed by atoms with E-state index in [1.54, 1.807) is 18.2 Å². The van der Waals surface area contributed by atoms with Crippen LogP contribution in [0.1, 0.15) is 35.1 Å². The van der Waals surface area contributed by atoms with Crippen LogP contribution in [0, 0.1) is 0 Å². The summed E-state index contributed by atoms with van der Waals surface area (Å²) in [7, 11) is -2.53. The molecule has 28 heavy (non-hydrogen) atoms. The lowest BCUT2D eigenvalue weighted by Gasteiger charge is -2.08. The number of aromatic amines is 1. The van der Waals surface area contributed by atoms with E-state index in [9.17, 15) is 13.2 Å². The minimum absolute atomic E-state index is 0.0409. The molecule has 1 atom stereocenters. The molecular formula is C19H19N3O5S. The first-order chi connectivity index (χ1) is 13.5. The van der Waals surface area contributed by atoms with Gasteiger partial charge in [0.15, 0.2) is 0 Å². The summed E-state index contributed by atoms with van der Waals surface area (Å²) < 4.78 is 38.1. The van der Waals surface area contributed by atoms with E-state index in [4.69, 9.17) is 4.74 Å². The number of anilines is 1. The van der Waals surface area contributed by atoms with Gasteiger partial charge in [0.1, 0.15) is 11.9 Å². The van der Waals surface area contributed by atoms with Crippen molar-refractivity contribution in [2.75, 3.05) is 18.4 Å². The summed E-state index contributed by atoms with van der Waals surface area (Å²) in [6.45, 7) is 0.724. The molecule has 2 heterocycles. The van der Waals surface area contributed by atoms with Gasteiger partial charge in [-0.3, -0.25) is 4.72 Å². The molecule has 9 heteroatoms. The fourth-order valence-corrected chi connectivity index (χ4v) is 4.19. The second kappa shape index (κ2) is 7.25. The number of carbonyl (C=O) groups is 1. The lowest BCUT2D eigenvalue weighted by atomic mass is 10.2. The van der Waals surface area contributed by atoms with Gasteiger partial charge >= 0.3 is 5.97 Å². The lowest BCUT2D eigenvalue weighted by Crippen LogP contribution is -2.13. The smallest absolute Gasteiger partial charge is 0.337 e. The van der Waals surface area contributed by atoms with Crippen LogP contribution in [-0.4, -0.2) is 38.1 Å². The van der Waals surface area contributed by atoms with Crippen molar-refractivity contribution in [2.45, 2.75) is 23.8 Å². The highest BCUT2D eigenvalue weighted by atomic mass is 32.2. The summed E-state index contributed by atoms with van der Waals surface area (Å²) in [5.41, 5.74) is 2.16. The Morgan fingerprint density at radius 1 is 1.25 bits per heavy atom. The van der Waals surface area contributed by atoms with Gasteiger partial charge < -0.3 is 14.5 Å². The molecule has 1 aliphatic heterocycles. The van der Waals surface area contributed by atoms with Crippen molar-refractivity contribution in [3.8, 4) is 0 Å². The van der Waals surface area contributed by atoms with Crippen LogP contribution < -0.4 is 4.72 Å². The number of esters is 1. The first-order valence-electron chi connectivity index (χ1n) is 8.79. The molecule has 1 unspecified atom stereocenters. The largest absolute Gasteiger partial charge is 0.465 e. The predicted octanol–water partition coefficient (Wildman–Crippen LogP) is 3.00. The fourth-order valence-electron chi connectivity index (χ4n) is 3.14. The Morgan fingerprint density at radius 3 is 2.71 bits per heavy atom. The molecule has 2 aromatic carbocycles. The van der Waals surface area contributed by atoms with Crippen molar-refractivity contribution in [3.63, 3.8) is 0 Å². The molecule has 0 amide bonds. The summed E-state index contributed by atoms with van der Waals surface area (Å²) in [6, 6.07) is 10.6. The zero-order chi connectivity index (χ0) is 19.7. The molecule has 1 saturated heterocycles. The third-order valence-electron chi connectivity index (χ3n) is 4.57. The van der Waals surface area contributed by atoms with Crippen molar-refractivity contribution in [1.82, 2.24) is 9.97 Å². The van der Waals surface area contributed by atoms with Crippen molar-refractivity contribution in [3.05, 3.63) is 53.9 Å². The van der Waals surface area contributed by atoms with Crippen LogP contribution in [0.15, 0.2) is 47.4 Å². The number of sulfonamides is 1. The van der Waals surface area contributed by atoms with E-state index in [0.717, 1.165) is 36.3 Å². The average molecular weight is 401 g/mol. The van der Waals surface area contributed by atoms with Gasteiger partial charge in [0.05, 0.1) is 34.3 Å². The van der Waals surface area contributed by atoms with E-state index in [1.165, 1.54) is 31.4 Å². The number of fused-ring (bicyclic) bond motifs is 1. The third kappa shape index (κ3) is 3.58. The van der Waals surface area contributed by atoms with Gasteiger partial charge in [0.2, 0.25) is 0 Å². The third-order valence-corrected chi connectivity index (χ3v) is 5.97. The molecule has 1 aliphatic rings. The van der Waals surface area contributed by atoms with Gasteiger partial charge in [0.25, 0.3) is 10.0 Å². The first-order valence-corrected chi connectivity index (χ1v) is 10.3. The molecule has 0 spiro atoms. The minimum atomic E-state index is -3.80. The monoisotopic (exact) mass is 401 g/mol. The molecule has 3 aromatic rings. The molecule has 0 aliphatic carbocycles. The van der Waals surface area contributed by atoms with Crippen LogP contribution >= 0.6 is 0 Å². The van der Waals surface area contributed by atoms with E-state index in [0.29, 0.717) is 5.69 Å². The zero-order valence-corrected chi connectivity index (χ0v) is 16.0. The second-order valence-electron chi connectivity index (χ2n) is 6.48. The van der Waals surface area contributed by atoms with Gasteiger partial charge in [0, 0.05) is 6.61 Å². The van der Waals surface area contributed by atoms with E-state index in [-0.39, 0.29) is 16.6 Å². The summed E-state index contributed by atoms with van der Waals surface area (Å²) in [5.74, 6) is 0.231. The number of aromatic nitrogens is 2. The van der Waals surface area contributed by atoms with E-state index >= 15 is 0 Å². The number of nitrogens with zero attached hydrogens (tertiary/aromatic N) is 1. The van der Waals surface area contributed by atoms with Crippen LogP contribution in [0.5, 0.6) is 0 Å². The minimum Gasteiger partial charge on any atom is -0.465 e. The van der Waals surface area contributed by atoms with Gasteiger partial charge in [-0.05, 0) is 55.3 Å². The van der Waals surface area contributed by atoms with Crippen molar-refractivity contribution in [1.29, 1.82) is 0 Å². The fraction of sp³-hybridized carbons (Fsp3) is 0.263. The maximum atomic E-state index is 12.6. The Balaban J connectivity index is 1.56. The molecule has 0 saturated carbocycles. The molecule has 0 bridgehead atoms.